The van der Waals surface area contributed by atoms with Crippen molar-refractivity contribution in [3.63, 3.8) is 0 Å². The van der Waals surface area contributed by atoms with E-state index in [1.54, 1.807) is 12.1 Å². The van der Waals surface area contributed by atoms with Gasteiger partial charge in [-0.3, -0.25) is 9.59 Å². The quantitative estimate of drug-likeness (QED) is 0.355. The van der Waals surface area contributed by atoms with Gasteiger partial charge >= 0.3 is 5.97 Å². The molecule has 1 unspecified atom stereocenters. The smallest absolute Gasteiger partial charge is 0.338 e. The highest BCUT2D eigenvalue weighted by atomic mass is 35.5. The van der Waals surface area contributed by atoms with Crippen LogP contribution in [0.3, 0.4) is 0 Å². The zero-order chi connectivity index (χ0) is 23.8. The van der Waals surface area contributed by atoms with E-state index in [4.69, 9.17) is 16.3 Å². The van der Waals surface area contributed by atoms with Gasteiger partial charge < -0.3 is 15.0 Å². The number of rotatable bonds is 9. The molecule has 0 radical (unpaired) electrons. The molecule has 3 aromatic rings. The van der Waals surface area contributed by atoms with Crippen molar-refractivity contribution in [3.05, 3.63) is 81.9 Å². The molecule has 0 bridgehead atoms. The lowest BCUT2D eigenvalue weighted by atomic mass is 9.97. The molecule has 0 aliphatic carbocycles. The van der Waals surface area contributed by atoms with Crippen LogP contribution in [0.15, 0.2) is 59.7 Å². The van der Waals surface area contributed by atoms with Crippen LogP contribution in [0, 0.1) is 0 Å². The fourth-order valence-electron chi connectivity index (χ4n) is 3.44. The van der Waals surface area contributed by atoms with Gasteiger partial charge in [-0.05, 0) is 29.2 Å². The maximum atomic E-state index is 12.5. The molecule has 0 saturated carbocycles. The van der Waals surface area contributed by atoms with Crippen molar-refractivity contribution in [1.29, 1.82) is 0 Å². The highest BCUT2D eigenvalue weighted by Gasteiger charge is 2.19. The van der Waals surface area contributed by atoms with Crippen molar-refractivity contribution in [2.24, 2.45) is 0 Å². The van der Waals surface area contributed by atoms with E-state index < -0.39 is 11.3 Å². The normalized spacial score (nSPS) is 11.6. The molecule has 1 amide bonds. The van der Waals surface area contributed by atoms with Gasteiger partial charge in [0.15, 0.2) is 0 Å². The Kier molecular flexibility index (Phi) is 8.38. The Bertz CT molecular complexity index is 1170. The summed E-state index contributed by atoms with van der Waals surface area (Å²) in [5.74, 6) is -0.585. The van der Waals surface area contributed by atoms with Gasteiger partial charge in [0.25, 0.3) is 5.56 Å². The van der Waals surface area contributed by atoms with E-state index >= 15 is 0 Å². The maximum absolute atomic E-state index is 12.5. The van der Waals surface area contributed by atoms with Crippen LogP contribution < -0.4 is 10.9 Å². The second-order valence-corrected chi connectivity index (χ2v) is 8.10. The van der Waals surface area contributed by atoms with Gasteiger partial charge in [-0.2, -0.15) is 0 Å². The Morgan fingerprint density at radius 3 is 2.58 bits per heavy atom. The number of amides is 1. The number of halogens is 1. The number of ether oxygens (including phenoxy) is 1. The standard InChI is InChI=1S/C25H26ClN3O4/c1-3-4-9-21(26)24(31)29-22-20(23(30)28-15-27-22)14-16-10-12-17(13-11-16)18-7-5-6-8-19(18)25(32)33-2/h5-8,10-13,15,21H,3-4,9,14H2,1-2H3,(H2,27,28,29,30,31). The number of hydrogen-bond acceptors (Lipinski definition) is 5. The summed E-state index contributed by atoms with van der Waals surface area (Å²) in [6.45, 7) is 2.03. The topological polar surface area (TPSA) is 101 Å². The largest absolute Gasteiger partial charge is 0.465 e. The number of nitrogens with one attached hydrogen (secondary N) is 2. The van der Waals surface area contributed by atoms with Crippen LogP contribution in [0.4, 0.5) is 5.82 Å². The minimum atomic E-state index is -0.687. The summed E-state index contributed by atoms with van der Waals surface area (Å²) in [7, 11) is 1.35. The van der Waals surface area contributed by atoms with E-state index in [-0.39, 0.29) is 23.7 Å². The minimum Gasteiger partial charge on any atom is -0.465 e. The van der Waals surface area contributed by atoms with Crippen LogP contribution in [-0.2, 0) is 16.0 Å². The van der Waals surface area contributed by atoms with E-state index in [1.165, 1.54) is 13.4 Å². The first-order chi connectivity index (χ1) is 15.9. The van der Waals surface area contributed by atoms with E-state index in [9.17, 15) is 14.4 Å². The monoisotopic (exact) mass is 467 g/mol. The first kappa shape index (κ1) is 24.2. The van der Waals surface area contributed by atoms with Crippen molar-refractivity contribution in [2.75, 3.05) is 12.4 Å². The number of benzene rings is 2. The van der Waals surface area contributed by atoms with Crippen molar-refractivity contribution in [3.8, 4) is 11.1 Å². The molecular weight excluding hydrogens is 442 g/mol. The molecule has 8 heteroatoms. The molecule has 0 fully saturated rings. The molecule has 7 nitrogen and oxygen atoms in total. The van der Waals surface area contributed by atoms with Crippen molar-refractivity contribution in [1.82, 2.24) is 9.97 Å². The number of esters is 1. The highest BCUT2D eigenvalue weighted by Crippen LogP contribution is 2.25. The Hall–Kier alpha value is -3.45. The molecule has 172 valence electrons. The average Bonchev–Trinajstić information content (AvgIpc) is 2.84. The third-order valence-electron chi connectivity index (χ3n) is 5.26. The molecule has 2 N–H and O–H groups in total. The molecular formula is C25H26ClN3O4. The fraction of sp³-hybridized carbons (Fsp3) is 0.280. The number of carbonyl (C=O) groups is 2. The fourth-order valence-corrected chi connectivity index (χ4v) is 3.65. The van der Waals surface area contributed by atoms with Crippen molar-refractivity contribution in [2.45, 2.75) is 38.0 Å². The average molecular weight is 468 g/mol. The predicted molar refractivity (Wildman–Crippen MR) is 129 cm³/mol. The molecule has 3 rings (SSSR count). The number of aromatic nitrogens is 2. The molecule has 0 spiro atoms. The number of carbonyl (C=O) groups excluding carboxylic acids is 2. The Balaban J connectivity index is 1.82. The van der Waals surface area contributed by atoms with Crippen LogP contribution in [0.5, 0.6) is 0 Å². The number of nitrogens with zero attached hydrogens (tertiary/aromatic N) is 1. The van der Waals surface area contributed by atoms with E-state index in [0.717, 1.165) is 29.5 Å². The summed E-state index contributed by atoms with van der Waals surface area (Å²) in [5.41, 5.74) is 2.92. The van der Waals surface area contributed by atoms with Gasteiger partial charge in [-0.1, -0.05) is 62.2 Å². The van der Waals surface area contributed by atoms with Crippen LogP contribution >= 0.6 is 11.6 Å². The Morgan fingerprint density at radius 1 is 1.15 bits per heavy atom. The lowest BCUT2D eigenvalue weighted by molar-refractivity contribution is -0.116. The van der Waals surface area contributed by atoms with Crippen LogP contribution in [0.2, 0.25) is 0 Å². The third-order valence-corrected chi connectivity index (χ3v) is 5.68. The molecule has 0 aliphatic heterocycles. The summed E-state index contributed by atoms with van der Waals surface area (Å²) in [5, 5.41) is 2.00. The zero-order valence-corrected chi connectivity index (χ0v) is 19.3. The number of H-pyrrole nitrogens is 1. The number of methoxy groups -OCH3 is 1. The lowest BCUT2D eigenvalue weighted by Crippen LogP contribution is -2.27. The second-order valence-electron chi connectivity index (χ2n) is 7.57. The van der Waals surface area contributed by atoms with E-state index in [0.29, 0.717) is 17.5 Å². The van der Waals surface area contributed by atoms with E-state index in [2.05, 4.69) is 15.3 Å². The summed E-state index contributed by atoms with van der Waals surface area (Å²) < 4.78 is 4.87. The lowest BCUT2D eigenvalue weighted by Gasteiger charge is -2.13. The van der Waals surface area contributed by atoms with Gasteiger partial charge in [0.1, 0.15) is 11.2 Å². The first-order valence-corrected chi connectivity index (χ1v) is 11.2. The van der Waals surface area contributed by atoms with Gasteiger partial charge in [0, 0.05) is 6.42 Å². The SMILES string of the molecule is CCCCC(Cl)C(=O)Nc1nc[nH]c(=O)c1Cc1ccc(-c2ccccc2C(=O)OC)cc1. The zero-order valence-electron chi connectivity index (χ0n) is 18.6. The minimum absolute atomic E-state index is 0.200. The van der Waals surface area contributed by atoms with Crippen LogP contribution in [-0.4, -0.2) is 34.3 Å². The summed E-state index contributed by atoms with van der Waals surface area (Å²) in [4.78, 5) is 43.7. The molecule has 0 aliphatic rings. The molecule has 33 heavy (non-hydrogen) atoms. The first-order valence-electron chi connectivity index (χ1n) is 10.7. The highest BCUT2D eigenvalue weighted by molar-refractivity contribution is 6.32. The van der Waals surface area contributed by atoms with Crippen molar-refractivity contribution >= 4 is 29.3 Å². The van der Waals surface area contributed by atoms with Crippen LogP contribution in [0.25, 0.3) is 11.1 Å². The van der Waals surface area contributed by atoms with Gasteiger partial charge in [-0.15, -0.1) is 11.6 Å². The second kappa shape index (κ2) is 11.4. The Morgan fingerprint density at radius 2 is 1.88 bits per heavy atom. The van der Waals surface area contributed by atoms with Crippen LogP contribution in [0.1, 0.15) is 47.7 Å². The van der Waals surface area contributed by atoms with Gasteiger partial charge in [0.05, 0.1) is 24.6 Å². The Labute approximate surface area is 197 Å². The number of anilines is 1. The number of hydrogen-bond donors (Lipinski definition) is 2. The van der Waals surface area contributed by atoms with Gasteiger partial charge in [-0.25, -0.2) is 9.78 Å². The number of alkyl halides is 1. The van der Waals surface area contributed by atoms with E-state index in [1.807, 2.05) is 43.3 Å². The predicted octanol–water partition coefficient (Wildman–Crippen LogP) is 4.55. The summed E-state index contributed by atoms with van der Waals surface area (Å²) in [6, 6.07) is 14.7. The molecule has 1 aromatic heterocycles. The summed E-state index contributed by atoms with van der Waals surface area (Å²) >= 11 is 6.17. The molecule has 2 aromatic carbocycles. The summed E-state index contributed by atoms with van der Waals surface area (Å²) in [6.07, 6.45) is 3.84. The number of unbranched alkanes of at least 4 members (excludes halogenated alkanes) is 1. The van der Waals surface area contributed by atoms with Gasteiger partial charge in [0.2, 0.25) is 5.91 Å². The molecule has 1 heterocycles. The number of aromatic amines is 1. The molecule has 1 atom stereocenters. The third kappa shape index (κ3) is 6.08. The van der Waals surface area contributed by atoms with Crippen molar-refractivity contribution < 1.29 is 14.3 Å². The molecule has 0 saturated heterocycles. The maximum Gasteiger partial charge on any atom is 0.338 e.